The molecule has 0 amide bonds. The van der Waals surface area contributed by atoms with E-state index in [-0.39, 0.29) is 22.0 Å². The summed E-state index contributed by atoms with van der Waals surface area (Å²) in [5, 5.41) is -0.201. The van der Waals surface area contributed by atoms with Gasteiger partial charge in [0.1, 0.15) is 16.8 Å². The fraction of sp³-hybridized carbons (Fsp3) is 0.118. The van der Waals surface area contributed by atoms with E-state index in [2.05, 4.69) is 4.98 Å². The van der Waals surface area contributed by atoms with Crippen LogP contribution in [0.25, 0.3) is 0 Å². The van der Waals surface area contributed by atoms with Gasteiger partial charge in [-0.15, -0.1) is 0 Å². The van der Waals surface area contributed by atoms with Crippen LogP contribution in [0.1, 0.15) is 39.4 Å². The van der Waals surface area contributed by atoms with Gasteiger partial charge in [-0.25, -0.2) is 0 Å². The van der Waals surface area contributed by atoms with Crippen molar-refractivity contribution < 1.29 is 14.3 Å². The first-order valence-electron chi connectivity index (χ1n) is 6.75. The minimum absolute atomic E-state index is 0.0761. The molecule has 0 fully saturated rings. The minimum Gasteiger partial charge on any atom is -0.480 e. The molecule has 3 rings (SSSR count). The van der Waals surface area contributed by atoms with E-state index in [4.69, 9.17) is 16.3 Å². The van der Waals surface area contributed by atoms with Crippen LogP contribution in [0.4, 0.5) is 0 Å². The number of aromatic nitrogens is 1. The van der Waals surface area contributed by atoms with Crippen LogP contribution in [0.3, 0.4) is 0 Å². The van der Waals surface area contributed by atoms with Gasteiger partial charge in [0, 0.05) is 6.20 Å². The first-order valence-corrected chi connectivity index (χ1v) is 7.13. The van der Waals surface area contributed by atoms with E-state index in [1.165, 1.54) is 12.3 Å². The van der Waals surface area contributed by atoms with Gasteiger partial charge >= 0.3 is 0 Å². The number of carbonyl (C=O) groups is 2. The van der Waals surface area contributed by atoms with Gasteiger partial charge in [0.15, 0.2) is 5.76 Å². The summed E-state index contributed by atoms with van der Waals surface area (Å²) in [7, 11) is 0. The highest BCUT2D eigenvalue weighted by Gasteiger charge is 2.34. The van der Waals surface area contributed by atoms with E-state index >= 15 is 0 Å². The zero-order chi connectivity index (χ0) is 15.7. The Labute approximate surface area is 132 Å². The third kappa shape index (κ3) is 2.42. The molecule has 1 aliphatic carbocycles. The van der Waals surface area contributed by atoms with Crippen molar-refractivity contribution in [3.05, 3.63) is 76.3 Å². The Hall–Kier alpha value is -2.46. The van der Waals surface area contributed by atoms with E-state index in [1.54, 1.807) is 13.0 Å². The van der Waals surface area contributed by atoms with Crippen molar-refractivity contribution in [3.8, 4) is 0 Å². The highest BCUT2D eigenvalue weighted by Crippen LogP contribution is 2.31. The number of hydrogen-bond donors (Lipinski definition) is 0. The van der Waals surface area contributed by atoms with Gasteiger partial charge in [0.25, 0.3) is 0 Å². The molecule has 1 atom stereocenters. The van der Waals surface area contributed by atoms with Gasteiger partial charge in [0.05, 0.1) is 5.56 Å². The molecule has 4 nitrogen and oxygen atoms in total. The molecular weight excluding hydrogens is 302 g/mol. The quantitative estimate of drug-likeness (QED) is 0.867. The van der Waals surface area contributed by atoms with Crippen LogP contribution in [0, 0.1) is 0 Å². The van der Waals surface area contributed by atoms with Gasteiger partial charge in [-0.2, -0.15) is 0 Å². The van der Waals surface area contributed by atoms with Crippen molar-refractivity contribution in [1.29, 1.82) is 0 Å². The van der Waals surface area contributed by atoms with Gasteiger partial charge in [0.2, 0.25) is 11.6 Å². The monoisotopic (exact) mass is 313 g/mol. The number of halogens is 1. The third-order valence-electron chi connectivity index (χ3n) is 3.44. The molecule has 0 aliphatic heterocycles. The largest absolute Gasteiger partial charge is 0.480 e. The predicted molar refractivity (Wildman–Crippen MR) is 81.7 cm³/mol. The summed E-state index contributed by atoms with van der Waals surface area (Å²) < 4.78 is 5.67. The number of rotatable bonds is 3. The van der Waals surface area contributed by atoms with E-state index in [0.717, 1.165) is 5.56 Å². The average Bonchev–Trinajstić information content (AvgIpc) is 2.57. The molecule has 1 aromatic heterocycles. The van der Waals surface area contributed by atoms with Crippen LogP contribution in [0.5, 0.6) is 0 Å². The summed E-state index contributed by atoms with van der Waals surface area (Å²) >= 11 is 6.04. The summed E-state index contributed by atoms with van der Waals surface area (Å²) in [6.07, 6.45) is 1.05. The van der Waals surface area contributed by atoms with Gasteiger partial charge in [-0.3, -0.25) is 14.6 Å². The predicted octanol–water partition coefficient (Wildman–Crippen LogP) is 3.69. The lowest BCUT2D eigenvalue weighted by Gasteiger charge is -2.21. The van der Waals surface area contributed by atoms with Crippen molar-refractivity contribution >= 4 is 23.2 Å². The Balaban J connectivity index is 1.96. The number of fused-ring (bicyclic) bond motifs is 1. The Bertz CT molecular complexity index is 784. The molecule has 0 saturated carbocycles. The SMILES string of the molecule is CC(OC1=C(Cl)C(=O)c2cccnc2C1=O)c1ccccc1. The van der Waals surface area contributed by atoms with Crippen molar-refractivity contribution in [1.82, 2.24) is 4.98 Å². The standard InChI is InChI=1S/C17H12ClNO3/c1-10(11-6-3-2-4-7-11)22-17-13(18)15(20)12-8-5-9-19-14(12)16(17)21/h2-10H,1H3. The Morgan fingerprint density at radius 3 is 2.50 bits per heavy atom. The second-order valence-electron chi connectivity index (χ2n) is 4.87. The van der Waals surface area contributed by atoms with Crippen molar-refractivity contribution in [3.63, 3.8) is 0 Å². The van der Waals surface area contributed by atoms with Crippen LogP contribution in [0.2, 0.25) is 0 Å². The Morgan fingerprint density at radius 1 is 1.05 bits per heavy atom. The lowest BCUT2D eigenvalue weighted by atomic mass is 9.98. The molecular formula is C17H12ClNO3. The summed E-state index contributed by atoms with van der Waals surface area (Å²) in [5.74, 6) is -1.06. The molecule has 0 N–H and O–H groups in total. The maximum atomic E-state index is 12.5. The minimum atomic E-state index is -0.469. The number of nitrogens with zero attached hydrogens (tertiary/aromatic N) is 1. The van der Waals surface area contributed by atoms with E-state index in [1.807, 2.05) is 30.3 Å². The van der Waals surface area contributed by atoms with Crippen LogP contribution in [-0.2, 0) is 4.74 Å². The number of ether oxygens (including phenoxy) is 1. The molecule has 5 heteroatoms. The maximum Gasteiger partial charge on any atom is 0.248 e. The van der Waals surface area contributed by atoms with Crippen LogP contribution in [-0.4, -0.2) is 16.6 Å². The Morgan fingerprint density at radius 2 is 1.77 bits per heavy atom. The molecule has 1 aliphatic rings. The highest BCUT2D eigenvalue weighted by molar-refractivity contribution is 6.49. The zero-order valence-corrected chi connectivity index (χ0v) is 12.5. The number of Topliss-reactive ketones (excluding diaryl/α,β-unsaturated/α-hetero) is 2. The van der Waals surface area contributed by atoms with E-state index in [0.29, 0.717) is 0 Å². The molecule has 110 valence electrons. The number of pyridine rings is 1. The number of allylic oxidation sites excluding steroid dienone is 2. The fourth-order valence-electron chi connectivity index (χ4n) is 2.27. The highest BCUT2D eigenvalue weighted by atomic mass is 35.5. The lowest BCUT2D eigenvalue weighted by Crippen LogP contribution is -2.23. The molecule has 1 unspecified atom stereocenters. The van der Waals surface area contributed by atoms with Crippen molar-refractivity contribution in [2.24, 2.45) is 0 Å². The second-order valence-corrected chi connectivity index (χ2v) is 5.25. The molecule has 0 radical (unpaired) electrons. The zero-order valence-electron chi connectivity index (χ0n) is 11.7. The summed E-state index contributed by atoms with van der Waals surface area (Å²) in [6.45, 7) is 1.79. The van der Waals surface area contributed by atoms with Crippen molar-refractivity contribution in [2.45, 2.75) is 13.0 Å². The number of carbonyl (C=O) groups excluding carboxylic acids is 2. The van der Waals surface area contributed by atoms with Crippen LogP contribution < -0.4 is 0 Å². The second kappa shape index (κ2) is 5.73. The van der Waals surface area contributed by atoms with Gasteiger partial charge in [-0.1, -0.05) is 41.9 Å². The number of ketones is 2. The van der Waals surface area contributed by atoms with Gasteiger partial charge in [-0.05, 0) is 24.6 Å². The maximum absolute atomic E-state index is 12.5. The number of benzene rings is 1. The molecule has 0 bridgehead atoms. The first-order chi connectivity index (χ1) is 10.6. The van der Waals surface area contributed by atoms with Crippen LogP contribution >= 0.6 is 11.6 Å². The average molecular weight is 314 g/mol. The van der Waals surface area contributed by atoms with Crippen molar-refractivity contribution in [2.75, 3.05) is 0 Å². The Kier molecular flexibility index (Phi) is 3.77. The molecule has 22 heavy (non-hydrogen) atoms. The normalized spacial score (nSPS) is 15.5. The first kappa shape index (κ1) is 14.5. The number of hydrogen-bond acceptors (Lipinski definition) is 4. The van der Waals surface area contributed by atoms with E-state index in [9.17, 15) is 9.59 Å². The summed E-state index contributed by atoms with van der Waals surface area (Å²) in [5.41, 5.74) is 1.16. The van der Waals surface area contributed by atoms with Crippen LogP contribution in [0.15, 0.2) is 59.5 Å². The molecule has 0 spiro atoms. The third-order valence-corrected chi connectivity index (χ3v) is 3.78. The van der Waals surface area contributed by atoms with Gasteiger partial charge < -0.3 is 4.74 Å². The van der Waals surface area contributed by atoms with E-state index < -0.39 is 17.7 Å². The smallest absolute Gasteiger partial charge is 0.248 e. The molecule has 2 aromatic rings. The fourth-order valence-corrected chi connectivity index (χ4v) is 2.50. The molecule has 1 aromatic carbocycles. The topological polar surface area (TPSA) is 56.3 Å². The summed E-state index contributed by atoms with van der Waals surface area (Å²) in [6, 6.07) is 12.5. The summed E-state index contributed by atoms with van der Waals surface area (Å²) in [4.78, 5) is 28.7. The lowest BCUT2D eigenvalue weighted by molar-refractivity contribution is 0.0771. The molecule has 1 heterocycles. The molecule has 0 saturated heterocycles.